The first-order chi connectivity index (χ1) is 8.16. The van der Waals surface area contributed by atoms with Crippen molar-refractivity contribution in [2.24, 2.45) is 0 Å². The highest BCUT2D eigenvalue weighted by molar-refractivity contribution is 7.03. The minimum absolute atomic E-state index is 0.160. The van der Waals surface area contributed by atoms with Crippen molar-refractivity contribution >= 4 is 17.4 Å². The molecule has 0 aliphatic rings. The largest absolute Gasteiger partial charge is 0.508 e. The Morgan fingerprint density at radius 2 is 2.12 bits per heavy atom. The van der Waals surface area contributed by atoms with Gasteiger partial charge in [0.15, 0.2) is 5.69 Å². The van der Waals surface area contributed by atoms with Gasteiger partial charge in [-0.25, -0.2) is 0 Å². The molecule has 88 valence electrons. The molecule has 1 N–H and O–H groups in total. The van der Waals surface area contributed by atoms with Crippen LogP contribution in [0, 0.1) is 0 Å². The van der Waals surface area contributed by atoms with E-state index in [0.29, 0.717) is 12.2 Å². The molecule has 0 spiro atoms. The molecular formula is C11H11N3O2S. The molecule has 0 unspecified atom stereocenters. The van der Waals surface area contributed by atoms with Crippen LogP contribution in [0.1, 0.15) is 16.1 Å². The van der Waals surface area contributed by atoms with Crippen LogP contribution in [0.25, 0.3) is 0 Å². The number of carbonyl (C=O) groups is 1. The predicted molar refractivity (Wildman–Crippen MR) is 63.8 cm³/mol. The number of phenols is 1. The Morgan fingerprint density at radius 3 is 2.71 bits per heavy atom. The van der Waals surface area contributed by atoms with Crippen molar-refractivity contribution in [2.75, 3.05) is 7.05 Å². The molecule has 0 saturated heterocycles. The number of rotatable bonds is 3. The van der Waals surface area contributed by atoms with Crippen LogP contribution in [-0.4, -0.2) is 32.5 Å². The topological polar surface area (TPSA) is 66.3 Å². The van der Waals surface area contributed by atoms with E-state index in [1.165, 1.54) is 0 Å². The van der Waals surface area contributed by atoms with Gasteiger partial charge in [-0.15, -0.1) is 5.10 Å². The van der Waals surface area contributed by atoms with Crippen LogP contribution in [-0.2, 0) is 6.54 Å². The Morgan fingerprint density at radius 1 is 1.41 bits per heavy atom. The molecule has 0 fully saturated rings. The number of nitrogens with zero attached hydrogens (tertiary/aromatic N) is 3. The maximum absolute atomic E-state index is 11.9. The quantitative estimate of drug-likeness (QED) is 0.895. The summed E-state index contributed by atoms with van der Waals surface area (Å²) in [7, 11) is 1.70. The Balaban J connectivity index is 2.04. The molecule has 0 bridgehead atoms. The fraction of sp³-hybridized carbons (Fsp3) is 0.182. The summed E-state index contributed by atoms with van der Waals surface area (Å²) in [5.41, 5.74) is 1.30. The van der Waals surface area contributed by atoms with Gasteiger partial charge in [-0.1, -0.05) is 16.6 Å². The minimum atomic E-state index is -0.160. The van der Waals surface area contributed by atoms with Gasteiger partial charge in [0.05, 0.1) is 0 Å². The monoisotopic (exact) mass is 249 g/mol. The van der Waals surface area contributed by atoms with Gasteiger partial charge in [0.2, 0.25) is 0 Å². The number of aromatic hydroxyl groups is 1. The molecule has 0 radical (unpaired) electrons. The number of phenolic OH excluding ortho intramolecular Hbond substituents is 1. The SMILES string of the molecule is CN(Cc1ccc(O)cc1)C(=O)c1csnn1. The summed E-state index contributed by atoms with van der Waals surface area (Å²) in [6.45, 7) is 0.469. The minimum Gasteiger partial charge on any atom is -0.508 e. The molecule has 1 amide bonds. The summed E-state index contributed by atoms with van der Waals surface area (Å²) >= 11 is 1.15. The standard InChI is InChI=1S/C11H11N3O2S/c1-14(11(16)10-7-17-13-12-10)6-8-2-4-9(15)5-3-8/h2-5,7,15H,6H2,1H3. The zero-order valence-electron chi connectivity index (χ0n) is 9.20. The molecular weight excluding hydrogens is 238 g/mol. The first-order valence-corrected chi connectivity index (χ1v) is 5.81. The lowest BCUT2D eigenvalue weighted by molar-refractivity contribution is 0.0779. The lowest BCUT2D eigenvalue weighted by Crippen LogP contribution is -2.26. The van der Waals surface area contributed by atoms with E-state index in [2.05, 4.69) is 9.59 Å². The fourth-order valence-electron chi connectivity index (χ4n) is 1.40. The number of carbonyl (C=O) groups excluding carboxylic acids is 1. The van der Waals surface area contributed by atoms with Gasteiger partial charge in [-0.3, -0.25) is 4.79 Å². The molecule has 2 aromatic rings. The van der Waals surface area contributed by atoms with E-state index in [9.17, 15) is 4.79 Å². The Labute approximate surface area is 102 Å². The summed E-state index contributed by atoms with van der Waals surface area (Å²) in [6.07, 6.45) is 0. The summed E-state index contributed by atoms with van der Waals surface area (Å²) in [5.74, 6) is 0.0539. The molecule has 0 aliphatic heterocycles. The van der Waals surface area contributed by atoms with Crippen molar-refractivity contribution < 1.29 is 9.90 Å². The molecule has 1 heterocycles. The first-order valence-electron chi connectivity index (χ1n) is 4.97. The van der Waals surface area contributed by atoms with Crippen LogP contribution in [0.3, 0.4) is 0 Å². The summed E-state index contributed by atoms with van der Waals surface area (Å²) in [6, 6.07) is 6.74. The third-order valence-electron chi connectivity index (χ3n) is 2.28. The van der Waals surface area contributed by atoms with Crippen molar-refractivity contribution in [3.63, 3.8) is 0 Å². The summed E-state index contributed by atoms with van der Waals surface area (Å²) in [5, 5.41) is 14.5. The van der Waals surface area contributed by atoms with Gasteiger partial charge >= 0.3 is 0 Å². The first kappa shape index (κ1) is 11.5. The van der Waals surface area contributed by atoms with Gasteiger partial charge < -0.3 is 10.0 Å². The second kappa shape index (κ2) is 4.92. The normalized spacial score (nSPS) is 10.2. The van der Waals surface area contributed by atoms with Crippen LogP contribution in [0.4, 0.5) is 0 Å². The number of benzene rings is 1. The van der Waals surface area contributed by atoms with E-state index in [0.717, 1.165) is 17.1 Å². The van der Waals surface area contributed by atoms with Crippen LogP contribution >= 0.6 is 11.5 Å². The fourth-order valence-corrected chi connectivity index (χ4v) is 1.83. The molecule has 17 heavy (non-hydrogen) atoms. The summed E-state index contributed by atoms with van der Waals surface area (Å²) in [4.78, 5) is 13.4. The Kier molecular flexibility index (Phi) is 3.34. The maximum Gasteiger partial charge on any atom is 0.275 e. The Hall–Kier alpha value is -1.95. The van der Waals surface area contributed by atoms with Crippen LogP contribution in [0.15, 0.2) is 29.6 Å². The van der Waals surface area contributed by atoms with E-state index in [-0.39, 0.29) is 11.7 Å². The lowest BCUT2D eigenvalue weighted by atomic mass is 10.2. The van der Waals surface area contributed by atoms with Crippen molar-refractivity contribution in [3.05, 3.63) is 40.9 Å². The van der Waals surface area contributed by atoms with Crippen LogP contribution in [0.2, 0.25) is 0 Å². The molecule has 0 aliphatic carbocycles. The highest BCUT2D eigenvalue weighted by Gasteiger charge is 2.14. The van der Waals surface area contributed by atoms with Gasteiger partial charge in [0.1, 0.15) is 5.75 Å². The van der Waals surface area contributed by atoms with E-state index < -0.39 is 0 Å². The molecule has 6 heteroatoms. The zero-order chi connectivity index (χ0) is 12.3. The predicted octanol–water partition coefficient (Wildman–Crippen LogP) is 1.52. The average Bonchev–Trinajstić information content (AvgIpc) is 2.84. The highest BCUT2D eigenvalue weighted by atomic mass is 32.1. The van der Waals surface area contributed by atoms with Crippen molar-refractivity contribution in [1.82, 2.24) is 14.5 Å². The van der Waals surface area contributed by atoms with Crippen molar-refractivity contribution in [1.29, 1.82) is 0 Å². The van der Waals surface area contributed by atoms with Gasteiger partial charge in [-0.05, 0) is 29.2 Å². The van der Waals surface area contributed by atoms with Crippen molar-refractivity contribution in [2.45, 2.75) is 6.54 Å². The zero-order valence-corrected chi connectivity index (χ0v) is 10.0. The smallest absolute Gasteiger partial charge is 0.275 e. The van der Waals surface area contributed by atoms with E-state index in [4.69, 9.17) is 5.11 Å². The van der Waals surface area contributed by atoms with E-state index >= 15 is 0 Å². The lowest BCUT2D eigenvalue weighted by Gasteiger charge is -2.15. The number of hydrogen-bond acceptors (Lipinski definition) is 5. The third-order valence-corrected chi connectivity index (χ3v) is 2.79. The van der Waals surface area contributed by atoms with Gasteiger partial charge in [-0.2, -0.15) is 0 Å². The molecule has 1 aromatic heterocycles. The molecule has 2 rings (SSSR count). The Bertz CT molecular complexity index is 496. The highest BCUT2D eigenvalue weighted by Crippen LogP contribution is 2.12. The number of amides is 1. The second-order valence-corrected chi connectivity index (χ2v) is 4.23. The average molecular weight is 249 g/mol. The molecule has 1 aromatic carbocycles. The number of hydrogen-bond donors (Lipinski definition) is 1. The van der Waals surface area contributed by atoms with Crippen molar-refractivity contribution in [3.8, 4) is 5.75 Å². The maximum atomic E-state index is 11.9. The van der Waals surface area contributed by atoms with E-state index in [1.54, 1.807) is 41.6 Å². The van der Waals surface area contributed by atoms with Crippen LogP contribution in [0.5, 0.6) is 5.75 Å². The third kappa shape index (κ3) is 2.79. The molecule has 0 atom stereocenters. The summed E-state index contributed by atoms with van der Waals surface area (Å²) < 4.78 is 3.66. The molecule has 0 saturated carbocycles. The number of aromatic nitrogens is 2. The van der Waals surface area contributed by atoms with E-state index in [1.807, 2.05) is 0 Å². The van der Waals surface area contributed by atoms with Gasteiger partial charge in [0, 0.05) is 19.0 Å². The van der Waals surface area contributed by atoms with Gasteiger partial charge in [0.25, 0.3) is 5.91 Å². The molecule has 5 nitrogen and oxygen atoms in total. The van der Waals surface area contributed by atoms with Crippen LogP contribution < -0.4 is 0 Å². The second-order valence-electron chi connectivity index (χ2n) is 3.62.